The molecule has 0 unspecified atom stereocenters. The maximum atomic E-state index is 12.1. The quantitative estimate of drug-likeness (QED) is 0.604. The number of nitrogens with one attached hydrogen (secondary N) is 2. The molecule has 8 heteroatoms. The highest BCUT2D eigenvalue weighted by atomic mass is 35.5. The Kier molecular flexibility index (Phi) is 8.42. The van der Waals surface area contributed by atoms with Gasteiger partial charge in [0, 0.05) is 23.1 Å². The van der Waals surface area contributed by atoms with Gasteiger partial charge >= 0.3 is 0 Å². The van der Waals surface area contributed by atoms with Crippen LogP contribution in [0.5, 0.6) is 11.5 Å². The molecule has 2 aromatic rings. The van der Waals surface area contributed by atoms with Crippen molar-refractivity contribution in [3.8, 4) is 11.5 Å². The summed E-state index contributed by atoms with van der Waals surface area (Å²) in [7, 11) is 0. The Morgan fingerprint density at radius 2 is 1.21 bits per heavy atom. The fourth-order valence-corrected chi connectivity index (χ4v) is 2.62. The number of amides is 2. The molecule has 0 aliphatic heterocycles. The summed E-state index contributed by atoms with van der Waals surface area (Å²) in [6, 6.07) is 13.6. The Balaban J connectivity index is 1.68. The standard InChI is InChI=1S/C20H22Cl2N2O4/c1-13(27-17-7-3-5-15(21)11-17)19(25)23-9-10-24-20(26)14(2)28-18-8-4-6-16(22)12-18/h3-8,11-14H,9-10H2,1-2H3,(H,23,25)(H,24,26)/t13-,14-/m0/s1. The van der Waals surface area contributed by atoms with Crippen molar-refractivity contribution in [3.05, 3.63) is 58.6 Å². The summed E-state index contributed by atoms with van der Waals surface area (Å²) in [6.45, 7) is 3.79. The molecule has 2 aromatic carbocycles. The second-order valence-electron chi connectivity index (χ2n) is 6.02. The topological polar surface area (TPSA) is 76.7 Å². The molecule has 2 atom stereocenters. The lowest BCUT2D eigenvalue weighted by molar-refractivity contribution is -0.129. The summed E-state index contributed by atoms with van der Waals surface area (Å²) in [5, 5.41) is 6.46. The zero-order chi connectivity index (χ0) is 20.5. The van der Waals surface area contributed by atoms with Crippen molar-refractivity contribution in [2.45, 2.75) is 26.1 Å². The van der Waals surface area contributed by atoms with E-state index in [-0.39, 0.29) is 24.9 Å². The molecular weight excluding hydrogens is 403 g/mol. The number of carbonyl (C=O) groups excluding carboxylic acids is 2. The molecule has 2 rings (SSSR count). The lowest BCUT2D eigenvalue weighted by Crippen LogP contribution is -2.43. The van der Waals surface area contributed by atoms with Crippen LogP contribution in [-0.2, 0) is 9.59 Å². The van der Waals surface area contributed by atoms with Crippen molar-refractivity contribution in [3.63, 3.8) is 0 Å². The van der Waals surface area contributed by atoms with E-state index in [0.29, 0.717) is 21.5 Å². The molecule has 0 saturated carbocycles. The average Bonchev–Trinajstić information content (AvgIpc) is 2.64. The van der Waals surface area contributed by atoms with Crippen LogP contribution in [0.4, 0.5) is 0 Å². The lowest BCUT2D eigenvalue weighted by atomic mass is 10.3. The lowest BCUT2D eigenvalue weighted by Gasteiger charge is -2.16. The van der Waals surface area contributed by atoms with Crippen LogP contribution in [-0.4, -0.2) is 37.1 Å². The molecule has 0 fully saturated rings. The van der Waals surface area contributed by atoms with Gasteiger partial charge < -0.3 is 20.1 Å². The van der Waals surface area contributed by atoms with Gasteiger partial charge in [-0.3, -0.25) is 9.59 Å². The summed E-state index contributed by atoms with van der Waals surface area (Å²) in [6.07, 6.45) is -1.39. The molecule has 0 saturated heterocycles. The predicted molar refractivity (Wildman–Crippen MR) is 109 cm³/mol. The summed E-state index contributed by atoms with van der Waals surface area (Å²) < 4.78 is 11.1. The molecule has 6 nitrogen and oxygen atoms in total. The maximum absolute atomic E-state index is 12.1. The molecule has 0 aromatic heterocycles. The van der Waals surface area contributed by atoms with E-state index in [1.807, 2.05) is 0 Å². The molecule has 28 heavy (non-hydrogen) atoms. The number of hydrogen-bond acceptors (Lipinski definition) is 4. The zero-order valence-electron chi connectivity index (χ0n) is 15.6. The van der Waals surface area contributed by atoms with Crippen LogP contribution in [0, 0.1) is 0 Å². The first-order valence-corrected chi connectivity index (χ1v) is 9.50. The number of halogens is 2. The number of ether oxygens (including phenoxy) is 2. The summed E-state index contributed by atoms with van der Waals surface area (Å²) in [5.74, 6) is 0.431. The number of rotatable bonds is 9. The molecule has 2 amide bonds. The van der Waals surface area contributed by atoms with Gasteiger partial charge in [0.1, 0.15) is 11.5 Å². The van der Waals surface area contributed by atoms with Gasteiger partial charge in [-0.15, -0.1) is 0 Å². The molecule has 150 valence electrons. The highest BCUT2D eigenvalue weighted by Gasteiger charge is 2.16. The van der Waals surface area contributed by atoms with Gasteiger partial charge in [-0.05, 0) is 50.2 Å². The number of hydrogen-bond donors (Lipinski definition) is 2. The minimum atomic E-state index is -0.695. The van der Waals surface area contributed by atoms with Gasteiger partial charge in [0.15, 0.2) is 12.2 Å². The van der Waals surface area contributed by atoms with Crippen molar-refractivity contribution >= 4 is 35.0 Å². The predicted octanol–water partition coefficient (Wildman–Crippen LogP) is 3.46. The van der Waals surface area contributed by atoms with Gasteiger partial charge in [0.25, 0.3) is 11.8 Å². The molecule has 0 heterocycles. The van der Waals surface area contributed by atoms with Crippen LogP contribution >= 0.6 is 23.2 Å². The van der Waals surface area contributed by atoms with Crippen LogP contribution in [0.2, 0.25) is 10.0 Å². The van der Waals surface area contributed by atoms with Crippen molar-refractivity contribution in [1.29, 1.82) is 0 Å². The van der Waals surface area contributed by atoms with E-state index >= 15 is 0 Å². The van der Waals surface area contributed by atoms with Crippen LogP contribution < -0.4 is 20.1 Å². The van der Waals surface area contributed by atoms with E-state index < -0.39 is 12.2 Å². The van der Waals surface area contributed by atoms with Crippen LogP contribution in [0.15, 0.2) is 48.5 Å². The second kappa shape index (κ2) is 10.8. The average molecular weight is 425 g/mol. The molecule has 0 aliphatic rings. The Labute approximate surface area is 174 Å². The van der Waals surface area contributed by atoms with Crippen molar-refractivity contribution in [1.82, 2.24) is 10.6 Å². The van der Waals surface area contributed by atoms with E-state index in [9.17, 15) is 9.59 Å². The van der Waals surface area contributed by atoms with E-state index in [1.165, 1.54) is 0 Å². The molecule has 0 bridgehead atoms. The summed E-state index contributed by atoms with van der Waals surface area (Å²) in [4.78, 5) is 24.1. The zero-order valence-corrected chi connectivity index (χ0v) is 17.1. The van der Waals surface area contributed by atoms with Crippen LogP contribution in [0.1, 0.15) is 13.8 Å². The molecule has 0 spiro atoms. The molecule has 0 aliphatic carbocycles. The largest absolute Gasteiger partial charge is 0.481 e. The van der Waals surface area contributed by atoms with E-state index in [2.05, 4.69) is 10.6 Å². The van der Waals surface area contributed by atoms with E-state index in [0.717, 1.165) is 0 Å². The van der Waals surface area contributed by atoms with Crippen LogP contribution in [0.25, 0.3) is 0 Å². The fourth-order valence-electron chi connectivity index (χ4n) is 2.25. The van der Waals surface area contributed by atoms with Gasteiger partial charge in [-0.25, -0.2) is 0 Å². The highest BCUT2D eigenvalue weighted by Crippen LogP contribution is 2.19. The SMILES string of the molecule is C[C@H](Oc1cccc(Cl)c1)C(=O)NCCNC(=O)[C@H](C)Oc1cccc(Cl)c1. The number of carbonyl (C=O) groups is 2. The van der Waals surface area contributed by atoms with Crippen molar-refractivity contribution in [2.75, 3.05) is 13.1 Å². The Hall–Kier alpha value is -2.44. The first-order valence-electron chi connectivity index (χ1n) is 8.75. The van der Waals surface area contributed by atoms with Gasteiger partial charge in [-0.1, -0.05) is 35.3 Å². The first-order chi connectivity index (χ1) is 13.3. The van der Waals surface area contributed by atoms with Crippen molar-refractivity contribution < 1.29 is 19.1 Å². The monoisotopic (exact) mass is 424 g/mol. The highest BCUT2D eigenvalue weighted by molar-refractivity contribution is 6.31. The smallest absolute Gasteiger partial charge is 0.260 e. The third-order valence-electron chi connectivity index (χ3n) is 3.68. The number of benzene rings is 2. The fraction of sp³-hybridized carbons (Fsp3) is 0.300. The minimum Gasteiger partial charge on any atom is -0.481 e. The maximum Gasteiger partial charge on any atom is 0.260 e. The normalized spacial score (nSPS) is 12.6. The summed E-state index contributed by atoms with van der Waals surface area (Å²) >= 11 is 11.8. The molecular formula is C20H22Cl2N2O4. The Morgan fingerprint density at radius 1 is 0.821 bits per heavy atom. The van der Waals surface area contributed by atoms with E-state index in [4.69, 9.17) is 32.7 Å². The van der Waals surface area contributed by atoms with Gasteiger partial charge in [0.05, 0.1) is 0 Å². The van der Waals surface area contributed by atoms with E-state index in [1.54, 1.807) is 62.4 Å². The summed E-state index contributed by atoms with van der Waals surface area (Å²) in [5.41, 5.74) is 0. The van der Waals surface area contributed by atoms with Crippen LogP contribution in [0.3, 0.4) is 0 Å². The minimum absolute atomic E-state index is 0.262. The molecule has 0 radical (unpaired) electrons. The first kappa shape index (κ1) is 21.9. The molecule has 2 N–H and O–H groups in total. The van der Waals surface area contributed by atoms with Gasteiger partial charge in [0.2, 0.25) is 0 Å². The Bertz CT molecular complexity index is 749. The third kappa shape index (κ3) is 7.29. The second-order valence-corrected chi connectivity index (χ2v) is 6.89. The van der Waals surface area contributed by atoms with Gasteiger partial charge in [-0.2, -0.15) is 0 Å². The Morgan fingerprint density at radius 3 is 1.57 bits per heavy atom. The third-order valence-corrected chi connectivity index (χ3v) is 4.15. The van der Waals surface area contributed by atoms with Crippen molar-refractivity contribution in [2.24, 2.45) is 0 Å².